The van der Waals surface area contributed by atoms with E-state index in [0.29, 0.717) is 5.56 Å². The number of allylic oxidation sites excluding steroid dienone is 4. The molecule has 0 radical (unpaired) electrons. The summed E-state index contributed by atoms with van der Waals surface area (Å²) in [4.78, 5) is 66.8. The largest absolute Gasteiger partial charge is 0.507 e. The molecule has 0 heterocycles. The highest BCUT2D eigenvalue weighted by Gasteiger charge is 2.69. The van der Waals surface area contributed by atoms with E-state index in [1.54, 1.807) is 19.9 Å². The highest BCUT2D eigenvalue weighted by atomic mass is 16.3. The molecule has 0 aliphatic heterocycles. The molecule has 8 heteroatoms. The van der Waals surface area contributed by atoms with Crippen LogP contribution in [0.2, 0.25) is 0 Å². The zero-order valence-corrected chi connectivity index (χ0v) is 22.7. The van der Waals surface area contributed by atoms with E-state index in [4.69, 9.17) is 5.73 Å². The first-order valence-electron chi connectivity index (χ1n) is 13.9. The predicted molar refractivity (Wildman–Crippen MR) is 149 cm³/mol. The van der Waals surface area contributed by atoms with Crippen molar-refractivity contribution in [3.05, 3.63) is 77.4 Å². The molecule has 2 unspecified atom stereocenters. The summed E-state index contributed by atoms with van der Waals surface area (Å²) in [5.74, 6) is -11.3. The summed E-state index contributed by atoms with van der Waals surface area (Å²) in [5.41, 5.74) is 5.98. The molecule has 0 bridgehead atoms. The van der Waals surface area contributed by atoms with Crippen molar-refractivity contribution < 1.29 is 34.2 Å². The van der Waals surface area contributed by atoms with Gasteiger partial charge in [-0.15, -0.1) is 0 Å². The van der Waals surface area contributed by atoms with Crippen LogP contribution in [0.5, 0.6) is 5.75 Å². The van der Waals surface area contributed by atoms with E-state index < -0.39 is 70.1 Å². The maximum atomic E-state index is 14.0. The average Bonchev–Trinajstić information content (AvgIpc) is 3.46. The van der Waals surface area contributed by atoms with Gasteiger partial charge in [0.25, 0.3) is 0 Å². The topological polar surface area (TPSA) is 152 Å². The highest BCUT2D eigenvalue weighted by molar-refractivity contribution is 6.32. The number of fused-ring (bicyclic) bond motifs is 3. The van der Waals surface area contributed by atoms with E-state index in [2.05, 4.69) is 12.2 Å². The standard InChI is InChI=1S/C33H31NO7/c1-15(2)24-22-14-19-13-21-20(18-9-7-17(8-10-18)16-5-3-4-6-16)11-12-23(35)26(21)29(37)25(19)30(38)33(22,41)31(39)27(28(24)36)32(34)40/h3-12,15-16,19,22,24-25,27,35,41H,13-14H2,1-2H3,(H2,34,40)/t19-,22-,24-,25?,27?,33-/m0/s1. The lowest BCUT2D eigenvalue weighted by Gasteiger charge is -2.52. The number of benzene rings is 2. The molecular formula is C33H31NO7. The molecule has 210 valence electrons. The normalized spacial score (nSPS) is 30.9. The Hall–Kier alpha value is -4.17. The van der Waals surface area contributed by atoms with Crippen LogP contribution in [-0.2, 0) is 25.6 Å². The highest BCUT2D eigenvalue weighted by Crippen LogP contribution is 2.53. The Bertz CT molecular complexity index is 1570. The molecular weight excluding hydrogens is 522 g/mol. The zero-order valence-electron chi connectivity index (χ0n) is 22.7. The number of phenols is 1. The van der Waals surface area contributed by atoms with E-state index >= 15 is 0 Å². The number of primary amides is 1. The number of Topliss-reactive ketones (excluding diaryl/α,β-unsaturated/α-hetero) is 4. The number of carbonyl (C=O) groups is 5. The fourth-order valence-electron chi connectivity index (χ4n) is 7.66. The summed E-state index contributed by atoms with van der Waals surface area (Å²) in [6.07, 6.45) is 8.46. The van der Waals surface area contributed by atoms with Gasteiger partial charge in [0.15, 0.2) is 34.7 Å². The Morgan fingerprint density at radius 1 is 0.976 bits per heavy atom. The quantitative estimate of drug-likeness (QED) is 0.492. The minimum absolute atomic E-state index is 0.00363. The monoisotopic (exact) mass is 553 g/mol. The molecule has 2 aromatic carbocycles. The Morgan fingerprint density at radius 3 is 2.24 bits per heavy atom. The van der Waals surface area contributed by atoms with Crippen molar-refractivity contribution in [1.29, 1.82) is 0 Å². The number of hydrogen-bond donors (Lipinski definition) is 3. The second-order valence-electron chi connectivity index (χ2n) is 12.1. The molecule has 1 amide bonds. The molecule has 0 spiro atoms. The van der Waals surface area contributed by atoms with Gasteiger partial charge in [-0.05, 0) is 53.0 Å². The first kappa shape index (κ1) is 27.0. The van der Waals surface area contributed by atoms with E-state index in [1.165, 1.54) is 6.07 Å². The Morgan fingerprint density at radius 2 is 1.63 bits per heavy atom. The number of amides is 1. The van der Waals surface area contributed by atoms with Gasteiger partial charge in [0.05, 0.1) is 11.5 Å². The number of aromatic hydroxyl groups is 1. The third kappa shape index (κ3) is 3.80. The van der Waals surface area contributed by atoms with Gasteiger partial charge in [0, 0.05) is 17.8 Å². The summed E-state index contributed by atoms with van der Waals surface area (Å²) in [5, 5.41) is 22.5. The zero-order chi connectivity index (χ0) is 29.4. The van der Waals surface area contributed by atoms with Crippen molar-refractivity contribution >= 4 is 29.0 Å². The maximum absolute atomic E-state index is 14.0. The number of phenolic OH excluding ortho intramolecular Hbond substituents is 1. The first-order valence-corrected chi connectivity index (χ1v) is 13.9. The molecule has 2 aromatic rings. The van der Waals surface area contributed by atoms with Crippen molar-refractivity contribution in [2.45, 2.75) is 38.2 Å². The maximum Gasteiger partial charge on any atom is 0.235 e. The molecule has 0 saturated heterocycles. The number of hydrogen-bond acceptors (Lipinski definition) is 7. The summed E-state index contributed by atoms with van der Waals surface area (Å²) < 4.78 is 0. The SMILES string of the molecule is CC(C)[C@@H]1C(=O)C(C(N)=O)C(=O)[C@@]2(O)C(=O)C3C(=O)c4c(O)ccc(-c5ccc(C6C=CC=C6)cc5)c4C[C@H]3C[C@@H]12. The summed E-state index contributed by atoms with van der Waals surface area (Å²) in [6.45, 7) is 3.46. The average molecular weight is 554 g/mol. The molecule has 6 atom stereocenters. The van der Waals surface area contributed by atoms with Crippen molar-refractivity contribution in [3.63, 3.8) is 0 Å². The molecule has 2 fully saturated rings. The van der Waals surface area contributed by atoms with Crippen LogP contribution < -0.4 is 5.73 Å². The Balaban J connectivity index is 1.43. The number of nitrogens with two attached hydrogens (primary N) is 1. The van der Waals surface area contributed by atoms with Crippen molar-refractivity contribution in [2.24, 2.45) is 41.2 Å². The second-order valence-corrected chi connectivity index (χ2v) is 12.1. The fraction of sp³-hybridized carbons (Fsp3) is 0.364. The van der Waals surface area contributed by atoms with Gasteiger partial charge in [-0.3, -0.25) is 24.0 Å². The van der Waals surface area contributed by atoms with E-state index in [-0.39, 0.29) is 30.1 Å². The Kier molecular flexibility index (Phi) is 6.23. The summed E-state index contributed by atoms with van der Waals surface area (Å²) in [6, 6.07) is 11.1. The number of rotatable bonds is 4. The van der Waals surface area contributed by atoms with Crippen molar-refractivity contribution in [1.82, 2.24) is 0 Å². The second kappa shape index (κ2) is 9.45. The van der Waals surface area contributed by atoms with Crippen LogP contribution in [0.3, 0.4) is 0 Å². The van der Waals surface area contributed by atoms with Crippen LogP contribution in [0.1, 0.15) is 47.7 Å². The van der Waals surface area contributed by atoms with Crippen molar-refractivity contribution in [3.8, 4) is 16.9 Å². The third-order valence-corrected chi connectivity index (χ3v) is 9.55. The van der Waals surface area contributed by atoms with Crippen LogP contribution in [0.4, 0.5) is 0 Å². The van der Waals surface area contributed by atoms with E-state index in [0.717, 1.165) is 16.7 Å². The number of carbonyl (C=O) groups excluding carboxylic acids is 5. The lowest BCUT2D eigenvalue weighted by molar-refractivity contribution is -0.182. The van der Waals surface area contributed by atoms with Gasteiger partial charge >= 0.3 is 0 Å². The fourth-order valence-corrected chi connectivity index (χ4v) is 7.66. The molecule has 4 N–H and O–H groups in total. The van der Waals surface area contributed by atoms with Crippen molar-refractivity contribution in [2.75, 3.05) is 0 Å². The van der Waals surface area contributed by atoms with E-state index in [1.807, 2.05) is 36.4 Å². The van der Waals surface area contributed by atoms with Crippen LogP contribution in [0.25, 0.3) is 11.1 Å². The molecule has 41 heavy (non-hydrogen) atoms. The van der Waals surface area contributed by atoms with Crippen LogP contribution in [-0.4, -0.2) is 44.9 Å². The van der Waals surface area contributed by atoms with Gasteiger partial charge in [-0.1, -0.05) is 68.5 Å². The van der Waals surface area contributed by atoms with Crippen LogP contribution in [0, 0.1) is 35.5 Å². The first-order chi connectivity index (χ1) is 19.5. The molecule has 4 aliphatic rings. The third-order valence-electron chi connectivity index (χ3n) is 9.55. The minimum atomic E-state index is -2.69. The van der Waals surface area contributed by atoms with Gasteiger partial charge in [0.2, 0.25) is 5.91 Å². The van der Waals surface area contributed by atoms with Crippen LogP contribution in [0.15, 0.2) is 60.7 Å². The molecule has 4 aliphatic carbocycles. The molecule has 2 saturated carbocycles. The molecule has 8 nitrogen and oxygen atoms in total. The summed E-state index contributed by atoms with van der Waals surface area (Å²) >= 11 is 0. The van der Waals surface area contributed by atoms with Gasteiger partial charge in [0.1, 0.15) is 5.75 Å². The minimum Gasteiger partial charge on any atom is -0.507 e. The number of aliphatic hydroxyl groups is 1. The predicted octanol–water partition coefficient (Wildman–Crippen LogP) is 3.09. The smallest absolute Gasteiger partial charge is 0.235 e. The molecule has 6 rings (SSSR count). The molecule has 0 aromatic heterocycles. The van der Waals surface area contributed by atoms with Gasteiger partial charge < -0.3 is 15.9 Å². The van der Waals surface area contributed by atoms with E-state index in [9.17, 15) is 34.2 Å². The van der Waals surface area contributed by atoms with Crippen LogP contribution >= 0.6 is 0 Å². The number of ketones is 4. The lowest BCUT2D eigenvalue weighted by Crippen LogP contribution is -2.71. The van der Waals surface area contributed by atoms with Gasteiger partial charge in [-0.2, -0.15) is 0 Å². The summed E-state index contributed by atoms with van der Waals surface area (Å²) in [7, 11) is 0. The Labute approximate surface area is 236 Å². The van der Waals surface area contributed by atoms with Gasteiger partial charge in [-0.25, -0.2) is 0 Å². The lowest BCUT2D eigenvalue weighted by atomic mass is 9.49.